The predicted molar refractivity (Wildman–Crippen MR) is 72.5 cm³/mol. The van der Waals surface area contributed by atoms with Gasteiger partial charge in [0.1, 0.15) is 17.7 Å². The molecule has 0 amide bonds. The molecule has 0 N–H and O–H groups in total. The SMILES string of the molecule is CCO[C@H](C)c1nccn1Cc1cc(F)ccc1C#N. The van der Waals surface area contributed by atoms with Crippen LogP contribution in [0.1, 0.15) is 36.9 Å². The van der Waals surface area contributed by atoms with Gasteiger partial charge in [-0.05, 0) is 37.6 Å². The fourth-order valence-corrected chi connectivity index (χ4v) is 2.12. The zero-order chi connectivity index (χ0) is 14.5. The largest absolute Gasteiger partial charge is 0.371 e. The van der Waals surface area contributed by atoms with Gasteiger partial charge in [0.2, 0.25) is 0 Å². The standard InChI is InChI=1S/C15H16FN3O/c1-3-20-11(2)15-18-6-7-19(15)10-13-8-14(16)5-4-12(13)9-17/h4-8,11H,3,10H2,1-2H3/t11-/m1/s1. The molecule has 0 saturated heterocycles. The molecule has 4 nitrogen and oxygen atoms in total. The lowest BCUT2D eigenvalue weighted by Crippen LogP contribution is -2.11. The van der Waals surface area contributed by atoms with E-state index in [1.54, 1.807) is 12.4 Å². The van der Waals surface area contributed by atoms with Crippen molar-refractivity contribution in [3.8, 4) is 6.07 Å². The van der Waals surface area contributed by atoms with Crippen molar-refractivity contribution in [3.05, 3.63) is 53.4 Å². The first-order valence-corrected chi connectivity index (χ1v) is 6.46. The van der Waals surface area contributed by atoms with E-state index in [0.29, 0.717) is 24.3 Å². The number of halogens is 1. The number of ether oxygens (including phenoxy) is 1. The van der Waals surface area contributed by atoms with Crippen molar-refractivity contribution >= 4 is 0 Å². The molecular formula is C15H16FN3O. The number of rotatable bonds is 5. The zero-order valence-corrected chi connectivity index (χ0v) is 11.5. The quantitative estimate of drug-likeness (QED) is 0.841. The summed E-state index contributed by atoms with van der Waals surface area (Å²) in [5.41, 5.74) is 1.10. The van der Waals surface area contributed by atoms with E-state index >= 15 is 0 Å². The fourth-order valence-electron chi connectivity index (χ4n) is 2.12. The van der Waals surface area contributed by atoms with Gasteiger partial charge in [0.25, 0.3) is 0 Å². The smallest absolute Gasteiger partial charge is 0.137 e. The monoisotopic (exact) mass is 273 g/mol. The van der Waals surface area contributed by atoms with Crippen LogP contribution >= 0.6 is 0 Å². The normalized spacial score (nSPS) is 12.1. The summed E-state index contributed by atoms with van der Waals surface area (Å²) in [4.78, 5) is 4.27. The number of aromatic nitrogens is 2. The number of hydrogen-bond acceptors (Lipinski definition) is 3. The van der Waals surface area contributed by atoms with Gasteiger partial charge in [-0.2, -0.15) is 5.26 Å². The molecule has 0 unspecified atom stereocenters. The van der Waals surface area contributed by atoms with Crippen molar-refractivity contribution in [1.82, 2.24) is 9.55 Å². The molecule has 1 aromatic heterocycles. The predicted octanol–water partition coefficient (Wildman–Crippen LogP) is 3.04. The average molecular weight is 273 g/mol. The van der Waals surface area contributed by atoms with E-state index in [1.807, 2.05) is 18.4 Å². The van der Waals surface area contributed by atoms with E-state index in [-0.39, 0.29) is 11.9 Å². The van der Waals surface area contributed by atoms with Gasteiger partial charge < -0.3 is 9.30 Å². The van der Waals surface area contributed by atoms with E-state index < -0.39 is 0 Å². The second kappa shape index (κ2) is 6.31. The molecule has 0 spiro atoms. The minimum Gasteiger partial charge on any atom is -0.371 e. The summed E-state index contributed by atoms with van der Waals surface area (Å²) >= 11 is 0. The van der Waals surface area contributed by atoms with Gasteiger partial charge in [-0.15, -0.1) is 0 Å². The van der Waals surface area contributed by atoms with E-state index in [2.05, 4.69) is 11.1 Å². The Morgan fingerprint density at radius 2 is 2.30 bits per heavy atom. The summed E-state index contributed by atoms with van der Waals surface area (Å²) in [6.45, 7) is 4.83. The van der Waals surface area contributed by atoms with Crippen LogP contribution in [0.4, 0.5) is 4.39 Å². The molecule has 0 aliphatic heterocycles. The minimum absolute atomic E-state index is 0.144. The zero-order valence-electron chi connectivity index (χ0n) is 11.5. The molecule has 0 fully saturated rings. The summed E-state index contributed by atoms with van der Waals surface area (Å²) in [7, 11) is 0. The lowest BCUT2D eigenvalue weighted by Gasteiger charge is -2.14. The van der Waals surface area contributed by atoms with Crippen LogP contribution in [0.15, 0.2) is 30.6 Å². The third-order valence-electron chi connectivity index (χ3n) is 3.06. The highest BCUT2D eigenvalue weighted by molar-refractivity contribution is 5.38. The molecule has 0 saturated carbocycles. The summed E-state index contributed by atoms with van der Waals surface area (Å²) in [6, 6.07) is 6.24. The Morgan fingerprint density at radius 1 is 1.50 bits per heavy atom. The molecule has 0 aliphatic rings. The lowest BCUT2D eigenvalue weighted by molar-refractivity contribution is 0.0677. The van der Waals surface area contributed by atoms with Gasteiger partial charge in [-0.25, -0.2) is 9.37 Å². The van der Waals surface area contributed by atoms with Crippen molar-refractivity contribution in [2.24, 2.45) is 0 Å². The van der Waals surface area contributed by atoms with Crippen LogP contribution in [0.3, 0.4) is 0 Å². The average Bonchev–Trinajstić information content (AvgIpc) is 2.87. The van der Waals surface area contributed by atoms with Crippen LogP contribution in [0, 0.1) is 17.1 Å². The lowest BCUT2D eigenvalue weighted by atomic mass is 10.1. The van der Waals surface area contributed by atoms with Crippen LogP contribution in [-0.2, 0) is 11.3 Å². The highest BCUT2D eigenvalue weighted by Gasteiger charge is 2.13. The maximum atomic E-state index is 13.3. The highest BCUT2D eigenvalue weighted by Crippen LogP contribution is 2.18. The van der Waals surface area contributed by atoms with Gasteiger partial charge in [0.15, 0.2) is 0 Å². The fraction of sp³-hybridized carbons (Fsp3) is 0.333. The van der Waals surface area contributed by atoms with Gasteiger partial charge in [0.05, 0.1) is 18.2 Å². The summed E-state index contributed by atoms with van der Waals surface area (Å²) in [5.74, 6) is 0.415. The molecule has 1 atom stereocenters. The first-order chi connectivity index (χ1) is 9.65. The van der Waals surface area contributed by atoms with E-state index in [0.717, 1.165) is 5.82 Å². The van der Waals surface area contributed by atoms with Crippen LogP contribution in [-0.4, -0.2) is 16.2 Å². The third-order valence-corrected chi connectivity index (χ3v) is 3.06. The number of nitriles is 1. The molecule has 0 aliphatic carbocycles. The maximum absolute atomic E-state index is 13.3. The Bertz CT molecular complexity index is 630. The molecule has 5 heteroatoms. The van der Waals surface area contributed by atoms with Crippen LogP contribution in [0.5, 0.6) is 0 Å². The second-order valence-corrected chi connectivity index (χ2v) is 4.42. The molecule has 1 heterocycles. The molecule has 0 radical (unpaired) electrons. The topological polar surface area (TPSA) is 50.8 Å². The molecule has 1 aromatic carbocycles. The number of imidazole rings is 1. The van der Waals surface area contributed by atoms with Crippen LogP contribution < -0.4 is 0 Å². The summed E-state index contributed by atoms with van der Waals surface area (Å²) in [6.07, 6.45) is 3.33. The molecular weight excluding hydrogens is 257 g/mol. The molecule has 20 heavy (non-hydrogen) atoms. The molecule has 0 bridgehead atoms. The van der Waals surface area contributed by atoms with E-state index in [1.165, 1.54) is 18.2 Å². The summed E-state index contributed by atoms with van der Waals surface area (Å²) < 4.78 is 20.7. The van der Waals surface area contributed by atoms with Crippen molar-refractivity contribution in [3.63, 3.8) is 0 Å². The number of benzene rings is 1. The van der Waals surface area contributed by atoms with Crippen LogP contribution in [0.2, 0.25) is 0 Å². The minimum atomic E-state index is -0.349. The number of hydrogen-bond donors (Lipinski definition) is 0. The Hall–Kier alpha value is -2.19. The Kier molecular flexibility index (Phi) is 4.49. The Balaban J connectivity index is 2.29. The van der Waals surface area contributed by atoms with Gasteiger partial charge in [0, 0.05) is 19.0 Å². The second-order valence-electron chi connectivity index (χ2n) is 4.42. The van der Waals surface area contributed by atoms with Crippen LogP contribution in [0.25, 0.3) is 0 Å². The summed E-state index contributed by atoms with van der Waals surface area (Å²) in [5, 5.41) is 9.08. The molecule has 104 valence electrons. The maximum Gasteiger partial charge on any atom is 0.137 e. The van der Waals surface area contributed by atoms with Crippen molar-refractivity contribution in [1.29, 1.82) is 5.26 Å². The number of nitrogens with zero attached hydrogens (tertiary/aromatic N) is 3. The molecule has 2 aromatic rings. The highest BCUT2D eigenvalue weighted by atomic mass is 19.1. The molecule has 2 rings (SSSR count). The van der Waals surface area contributed by atoms with Gasteiger partial charge in [-0.3, -0.25) is 0 Å². The first kappa shape index (κ1) is 14.2. The van der Waals surface area contributed by atoms with Gasteiger partial charge >= 0.3 is 0 Å². The van der Waals surface area contributed by atoms with Crippen molar-refractivity contribution < 1.29 is 9.13 Å². The van der Waals surface area contributed by atoms with Crippen molar-refractivity contribution in [2.45, 2.75) is 26.5 Å². The first-order valence-electron chi connectivity index (χ1n) is 6.46. The van der Waals surface area contributed by atoms with Crippen molar-refractivity contribution in [2.75, 3.05) is 6.61 Å². The Labute approximate surface area is 117 Å². The van der Waals surface area contributed by atoms with Gasteiger partial charge in [-0.1, -0.05) is 0 Å². The van der Waals surface area contributed by atoms with E-state index in [9.17, 15) is 4.39 Å². The Morgan fingerprint density at radius 3 is 3.00 bits per heavy atom. The van der Waals surface area contributed by atoms with E-state index in [4.69, 9.17) is 10.00 Å². The third kappa shape index (κ3) is 3.03.